The minimum absolute atomic E-state index is 1.01. The maximum atomic E-state index is 4.55. The SMILES string of the molecule is CCN(CC)c1ncnc2sc3c(c12)CCCC3. The number of nitrogens with zero attached hydrogens (tertiary/aromatic N) is 3. The Hall–Kier alpha value is -1.16. The van der Waals surface area contributed by atoms with Crippen LogP contribution in [0.15, 0.2) is 6.33 Å². The first-order valence-corrected chi connectivity index (χ1v) is 7.67. The average molecular weight is 261 g/mol. The molecule has 0 unspecified atom stereocenters. The zero-order valence-corrected chi connectivity index (χ0v) is 11.9. The highest BCUT2D eigenvalue weighted by Gasteiger charge is 2.21. The van der Waals surface area contributed by atoms with Crippen LogP contribution in [0.1, 0.15) is 37.1 Å². The largest absolute Gasteiger partial charge is 0.357 e. The Labute approximate surface area is 112 Å². The number of hydrogen-bond donors (Lipinski definition) is 0. The van der Waals surface area contributed by atoms with E-state index in [1.807, 2.05) is 11.3 Å². The molecule has 0 amide bonds. The quantitative estimate of drug-likeness (QED) is 0.847. The summed E-state index contributed by atoms with van der Waals surface area (Å²) < 4.78 is 0. The lowest BCUT2D eigenvalue weighted by Crippen LogP contribution is -2.23. The molecule has 0 spiro atoms. The van der Waals surface area contributed by atoms with Crippen LogP contribution in [0.25, 0.3) is 10.2 Å². The third kappa shape index (κ3) is 1.79. The Morgan fingerprint density at radius 2 is 1.94 bits per heavy atom. The summed E-state index contributed by atoms with van der Waals surface area (Å²) in [4.78, 5) is 14.1. The second kappa shape index (κ2) is 4.84. The fourth-order valence-electron chi connectivity index (χ4n) is 2.84. The van der Waals surface area contributed by atoms with Crippen molar-refractivity contribution in [2.24, 2.45) is 0 Å². The second-order valence-electron chi connectivity index (χ2n) is 4.76. The summed E-state index contributed by atoms with van der Waals surface area (Å²) in [7, 11) is 0. The smallest absolute Gasteiger partial charge is 0.141 e. The van der Waals surface area contributed by atoms with Crippen LogP contribution in [0.2, 0.25) is 0 Å². The second-order valence-corrected chi connectivity index (χ2v) is 5.84. The molecule has 0 N–H and O–H groups in total. The van der Waals surface area contributed by atoms with E-state index in [4.69, 9.17) is 0 Å². The van der Waals surface area contributed by atoms with Crippen molar-refractivity contribution in [3.05, 3.63) is 16.8 Å². The van der Waals surface area contributed by atoms with Crippen molar-refractivity contribution in [2.45, 2.75) is 39.5 Å². The van der Waals surface area contributed by atoms with Crippen LogP contribution >= 0.6 is 11.3 Å². The van der Waals surface area contributed by atoms with Crippen LogP contribution in [-0.2, 0) is 12.8 Å². The van der Waals surface area contributed by atoms with Gasteiger partial charge in [-0.3, -0.25) is 0 Å². The maximum absolute atomic E-state index is 4.55. The molecule has 0 saturated carbocycles. The van der Waals surface area contributed by atoms with E-state index in [0.717, 1.165) is 18.9 Å². The predicted molar refractivity (Wildman–Crippen MR) is 77.6 cm³/mol. The number of anilines is 1. The van der Waals surface area contributed by atoms with E-state index in [1.54, 1.807) is 11.2 Å². The molecule has 18 heavy (non-hydrogen) atoms. The molecule has 1 aliphatic carbocycles. The van der Waals surface area contributed by atoms with Crippen molar-refractivity contribution in [3.63, 3.8) is 0 Å². The van der Waals surface area contributed by atoms with Crippen molar-refractivity contribution in [1.29, 1.82) is 0 Å². The zero-order valence-electron chi connectivity index (χ0n) is 11.1. The van der Waals surface area contributed by atoms with Gasteiger partial charge in [0.25, 0.3) is 0 Å². The summed E-state index contributed by atoms with van der Waals surface area (Å²) in [5, 5.41) is 1.33. The minimum Gasteiger partial charge on any atom is -0.357 e. The molecule has 0 fully saturated rings. The zero-order chi connectivity index (χ0) is 12.5. The fourth-order valence-corrected chi connectivity index (χ4v) is 4.06. The average Bonchev–Trinajstić information content (AvgIpc) is 2.79. The molecule has 96 valence electrons. The molecule has 4 heteroatoms. The van der Waals surface area contributed by atoms with E-state index in [9.17, 15) is 0 Å². The van der Waals surface area contributed by atoms with Gasteiger partial charge in [-0.1, -0.05) is 0 Å². The van der Waals surface area contributed by atoms with Crippen molar-refractivity contribution < 1.29 is 0 Å². The summed E-state index contributed by atoms with van der Waals surface area (Å²) >= 11 is 1.87. The van der Waals surface area contributed by atoms with E-state index in [1.165, 1.54) is 41.5 Å². The van der Waals surface area contributed by atoms with E-state index in [2.05, 4.69) is 28.7 Å². The molecule has 3 rings (SSSR count). The summed E-state index contributed by atoms with van der Waals surface area (Å²) in [5.74, 6) is 1.14. The first-order valence-electron chi connectivity index (χ1n) is 6.85. The minimum atomic E-state index is 1.01. The molecule has 0 bridgehead atoms. The first kappa shape index (κ1) is 11.9. The summed E-state index contributed by atoms with van der Waals surface area (Å²) in [6.45, 7) is 6.40. The van der Waals surface area contributed by atoms with Crippen molar-refractivity contribution >= 4 is 27.4 Å². The lowest BCUT2D eigenvalue weighted by Gasteiger charge is -2.21. The Morgan fingerprint density at radius 1 is 1.17 bits per heavy atom. The Morgan fingerprint density at radius 3 is 2.72 bits per heavy atom. The van der Waals surface area contributed by atoms with Crippen LogP contribution < -0.4 is 4.90 Å². The molecule has 2 aromatic rings. The van der Waals surface area contributed by atoms with Gasteiger partial charge in [0.2, 0.25) is 0 Å². The van der Waals surface area contributed by atoms with Gasteiger partial charge in [0.15, 0.2) is 0 Å². The Balaban J connectivity index is 2.22. The van der Waals surface area contributed by atoms with Gasteiger partial charge in [0.1, 0.15) is 17.0 Å². The van der Waals surface area contributed by atoms with Crippen molar-refractivity contribution in [3.8, 4) is 0 Å². The molecular weight excluding hydrogens is 242 g/mol. The molecule has 0 saturated heterocycles. The van der Waals surface area contributed by atoms with E-state index >= 15 is 0 Å². The highest BCUT2D eigenvalue weighted by atomic mass is 32.1. The van der Waals surface area contributed by atoms with Crippen LogP contribution in [0.5, 0.6) is 0 Å². The summed E-state index contributed by atoms with van der Waals surface area (Å²) in [6.07, 6.45) is 6.79. The van der Waals surface area contributed by atoms with Gasteiger partial charge in [-0.2, -0.15) is 0 Å². The number of aryl methyl sites for hydroxylation is 2. The molecule has 0 radical (unpaired) electrons. The number of aromatic nitrogens is 2. The normalized spacial score (nSPS) is 14.8. The third-order valence-electron chi connectivity index (χ3n) is 3.79. The lowest BCUT2D eigenvalue weighted by atomic mass is 9.97. The van der Waals surface area contributed by atoms with Gasteiger partial charge in [-0.05, 0) is 45.1 Å². The van der Waals surface area contributed by atoms with Crippen LogP contribution in [0.3, 0.4) is 0 Å². The van der Waals surface area contributed by atoms with Gasteiger partial charge >= 0.3 is 0 Å². The molecule has 0 atom stereocenters. The predicted octanol–water partition coefficient (Wildman–Crippen LogP) is 3.42. The fraction of sp³-hybridized carbons (Fsp3) is 0.571. The van der Waals surface area contributed by atoms with Crippen LogP contribution in [0.4, 0.5) is 5.82 Å². The summed E-state index contributed by atoms with van der Waals surface area (Å²) in [5.41, 5.74) is 1.53. The Bertz CT molecular complexity index is 557. The maximum Gasteiger partial charge on any atom is 0.141 e. The van der Waals surface area contributed by atoms with E-state index < -0.39 is 0 Å². The molecule has 1 aliphatic rings. The van der Waals surface area contributed by atoms with E-state index in [0.29, 0.717) is 0 Å². The Kier molecular flexibility index (Phi) is 3.20. The highest BCUT2D eigenvalue weighted by Crippen LogP contribution is 2.39. The molecule has 2 aromatic heterocycles. The standard InChI is InChI=1S/C14H19N3S/c1-3-17(4-2)13-12-10-7-5-6-8-11(10)18-14(12)16-9-15-13/h9H,3-8H2,1-2H3. The summed E-state index contributed by atoms with van der Waals surface area (Å²) in [6, 6.07) is 0. The third-order valence-corrected chi connectivity index (χ3v) is 4.99. The topological polar surface area (TPSA) is 29.0 Å². The van der Waals surface area contributed by atoms with Gasteiger partial charge in [0, 0.05) is 18.0 Å². The number of thiophene rings is 1. The van der Waals surface area contributed by atoms with Gasteiger partial charge < -0.3 is 4.90 Å². The molecular formula is C14H19N3S. The van der Waals surface area contributed by atoms with Crippen molar-refractivity contribution in [1.82, 2.24) is 9.97 Å². The molecule has 0 aliphatic heterocycles. The van der Waals surface area contributed by atoms with Gasteiger partial charge in [-0.25, -0.2) is 9.97 Å². The number of fused-ring (bicyclic) bond motifs is 3. The monoisotopic (exact) mass is 261 g/mol. The van der Waals surface area contributed by atoms with Crippen LogP contribution in [0, 0.1) is 0 Å². The number of rotatable bonds is 3. The van der Waals surface area contributed by atoms with Gasteiger partial charge in [-0.15, -0.1) is 11.3 Å². The number of hydrogen-bond acceptors (Lipinski definition) is 4. The highest BCUT2D eigenvalue weighted by molar-refractivity contribution is 7.19. The van der Waals surface area contributed by atoms with Gasteiger partial charge in [0.05, 0.1) is 5.39 Å². The molecule has 2 heterocycles. The lowest BCUT2D eigenvalue weighted by molar-refractivity contribution is 0.700. The molecule has 0 aromatic carbocycles. The van der Waals surface area contributed by atoms with Crippen molar-refractivity contribution in [2.75, 3.05) is 18.0 Å². The molecule has 3 nitrogen and oxygen atoms in total. The van der Waals surface area contributed by atoms with Crippen LogP contribution in [-0.4, -0.2) is 23.1 Å². The first-order chi connectivity index (χ1) is 8.85. The van der Waals surface area contributed by atoms with E-state index in [-0.39, 0.29) is 0 Å².